The van der Waals surface area contributed by atoms with Crippen LogP contribution in [0.4, 0.5) is 26.3 Å². The van der Waals surface area contributed by atoms with Gasteiger partial charge in [0.25, 0.3) is 0 Å². The molecule has 26 heavy (non-hydrogen) atoms. The van der Waals surface area contributed by atoms with E-state index in [2.05, 4.69) is 0 Å². The minimum absolute atomic E-state index is 0.214. The van der Waals surface area contributed by atoms with E-state index in [9.17, 15) is 31.1 Å². The summed E-state index contributed by atoms with van der Waals surface area (Å²) in [4.78, 5) is 11.4. The monoisotopic (exact) mass is 390 g/mol. The highest BCUT2D eigenvalue weighted by Gasteiger charge is 2.77. The molecule has 3 rings (SSSR count). The third-order valence-corrected chi connectivity index (χ3v) is 5.63. The van der Waals surface area contributed by atoms with Crippen LogP contribution in [0.15, 0.2) is 30.3 Å². The summed E-state index contributed by atoms with van der Waals surface area (Å²) >= 11 is 1.04. The molecule has 1 aromatic carbocycles. The van der Waals surface area contributed by atoms with Crippen LogP contribution in [0.1, 0.15) is 26.4 Å². The molecule has 8 heteroatoms. The number of aldehydes is 1. The molecule has 0 saturated heterocycles. The van der Waals surface area contributed by atoms with E-state index in [1.807, 2.05) is 0 Å². The highest BCUT2D eigenvalue weighted by molar-refractivity contribution is 7.16. The van der Waals surface area contributed by atoms with Gasteiger partial charge in [0.2, 0.25) is 0 Å². The van der Waals surface area contributed by atoms with Crippen molar-refractivity contribution in [2.45, 2.75) is 31.6 Å². The molecule has 0 radical (unpaired) electrons. The van der Waals surface area contributed by atoms with E-state index in [4.69, 9.17) is 0 Å². The molecule has 0 spiro atoms. The molecule has 0 atom stereocenters. The van der Waals surface area contributed by atoms with Gasteiger partial charge in [-0.15, -0.1) is 11.3 Å². The van der Waals surface area contributed by atoms with Gasteiger partial charge in [0.05, 0.1) is 0 Å². The SMILES string of the molecule is Cc1sc(-c2ccc(C=O)cc2)c(C)c1C1=CC(F)(F)C(F)(F)C1(F)F. The van der Waals surface area contributed by atoms with Crippen LogP contribution >= 0.6 is 11.3 Å². The number of benzene rings is 1. The molecule has 1 heterocycles. The van der Waals surface area contributed by atoms with Crippen molar-refractivity contribution in [2.75, 3.05) is 0 Å². The number of hydrogen-bond donors (Lipinski definition) is 0. The average molecular weight is 390 g/mol. The van der Waals surface area contributed by atoms with Gasteiger partial charge >= 0.3 is 17.8 Å². The Hall–Kier alpha value is -2.09. The quantitative estimate of drug-likeness (QED) is 0.454. The molecule has 0 aliphatic heterocycles. The minimum Gasteiger partial charge on any atom is -0.298 e. The summed E-state index contributed by atoms with van der Waals surface area (Å²) in [5, 5.41) is 0. The topological polar surface area (TPSA) is 17.1 Å². The highest BCUT2D eigenvalue weighted by atomic mass is 32.1. The summed E-state index contributed by atoms with van der Waals surface area (Å²) in [6, 6.07) is 6.19. The lowest BCUT2D eigenvalue weighted by Gasteiger charge is -2.25. The van der Waals surface area contributed by atoms with Crippen molar-refractivity contribution in [3.63, 3.8) is 0 Å². The Morgan fingerprint density at radius 3 is 2.00 bits per heavy atom. The van der Waals surface area contributed by atoms with Gasteiger partial charge in [0.1, 0.15) is 6.29 Å². The molecule has 138 valence electrons. The van der Waals surface area contributed by atoms with Crippen LogP contribution in [0, 0.1) is 13.8 Å². The number of aryl methyl sites for hydroxylation is 1. The fourth-order valence-corrected chi connectivity index (χ4v) is 4.19. The van der Waals surface area contributed by atoms with E-state index in [0.29, 0.717) is 22.3 Å². The number of halogens is 6. The number of rotatable bonds is 3. The Labute approximate surface area is 149 Å². The number of allylic oxidation sites excluding steroid dienone is 2. The predicted molar refractivity (Wildman–Crippen MR) is 87.4 cm³/mol. The Kier molecular flexibility index (Phi) is 4.10. The van der Waals surface area contributed by atoms with E-state index in [1.54, 1.807) is 12.1 Å². The highest BCUT2D eigenvalue weighted by Crippen LogP contribution is 2.60. The maximum atomic E-state index is 14.1. The Balaban J connectivity index is 2.16. The fourth-order valence-electron chi connectivity index (χ4n) is 3.01. The number of alkyl halides is 6. The van der Waals surface area contributed by atoms with Crippen LogP contribution in [0.2, 0.25) is 0 Å². The van der Waals surface area contributed by atoms with Gasteiger partial charge in [-0.3, -0.25) is 4.79 Å². The largest absolute Gasteiger partial charge is 0.380 e. The standard InChI is InChI=1S/C18H12F6OS/c1-9-14(13-7-16(19,20)18(23,24)17(13,21)22)10(2)26-15(9)12-5-3-11(8-25)4-6-12/h3-8H,1-2H3. The van der Waals surface area contributed by atoms with Crippen LogP contribution in [0.25, 0.3) is 16.0 Å². The third kappa shape index (κ3) is 2.42. The van der Waals surface area contributed by atoms with Crippen LogP contribution in [-0.2, 0) is 0 Å². The maximum absolute atomic E-state index is 14.1. The molecular formula is C18H12F6OS. The lowest BCUT2D eigenvalue weighted by atomic mass is 9.96. The van der Waals surface area contributed by atoms with E-state index in [1.165, 1.54) is 26.0 Å². The molecule has 1 nitrogen and oxygen atoms in total. The Bertz CT molecular complexity index is 909. The first-order valence-corrected chi connectivity index (χ1v) is 8.28. The van der Waals surface area contributed by atoms with Crippen LogP contribution in [0.3, 0.4) is 0 Å². The summed E-state index contributed by atoms with van der Waals surface area (Å²) in [7, 11) is 0. The van der Waals surface area contributed by atoms with Crippen molar-refractivity contribution in [2.24, 2.45) is 0 Å². The fraction of sp³-hybridized carbons (Fsp3) is 0.278. The number of thiophene rings is 1. The molecule has 0 unspecified atom stereocenters. The van der Waals surface area contributed by atoms with E-state index in [-0.39, 0.29) is 22.1 Å². The summed E-state index contributed by atoms with van der Waals surface area (Å²) in [6.45, 7) is 2.84. The number of carbonyl (C=O) groups is 1. The zero-order valence-corrected chi connectivity index (χ0v) is 14.4. The minimum atomic E-state index is -5.48. The van der Waals surface area contributed by atoms with Gasteiger partial charge in [0.15, 0.2) is 0 Å². The van der Waals surface area contributed by atoms with E-state index in [0.717, 1.165) is 11.3 Å². The first-order chi connectivity index (χ1) is 11.9. The summed E-state index contributed by atoms with van der Waals surface area (Å²) < 4.78 is 82.3. The van der Waals surface area contributed by atoms with Gasteiger partial charge in [0, 0.05) is 32.5 Å². The molecule has 0 amide bonds. The summed E-state index contributed by atoms with van der Waals surface area (Å²) in [6.07, 6.45) is 0.310. The van der Waals surface area contributed by atoms with E-state index >= 15 is 0 Å². The number of carbonyl (C=O) groups excluding carboxylic acids is 1. The van der Waals surface area contributed by atoms with Crippen molar-refractivity contribution in [1.82, 2.24) is 0 Å². The Morgan fingerprint density at radius 1 is 0.962 bits per heavy atom. The van der Waals surface area contributed by atoms with Gasteiger partial charge in [-0.25, -0.2) is 0 Å². The normalized spacial score (nSPS) is 20.1. The summed E-state index contributed by atoms with van der Waals surface area (Å²) in [5.74, 6) is -15.4. The second kappa shape index (κ2) is 5.70. The zero-order valence-electron chi connectivity index (χ0n) is 13.5. The van der Waals surface area contributed by atoms with Crippen LogP contribution < -0.4 is 0 Å². The van der Waals surface area contributed by atoms with Crippen LogP contribution in [-0.4, -0.2) is 24.1 Å². The summed E-state index contributed by atoms with van der Waals surface area (Å²) in [5.41, 5.74) is -0.441. The lowest BCUT2D eigenvalue weighted by Crippen LogP contribution is -2.48. The van der Waals surface area contributed by atoms with Gasteiger partial charge in [-0.1, -0.05) is 24.3 Å². The average Bonchev–Trinajstić information content (AvgIpc) is 2.92. The molecule has 1 aromatic heterocycles. The van der Waals surface area contributed by atoms with Crippen molar-refractivity contribution in [1.29, 1.82) is 0 Å². The van der Waals surface area contributed by atoms with Crippen molar-refractivity contribution in [3.05, 3.63) is 51.9 Å². The first-order valence-electron chi connectivity index (χ1n) is 7.47. The van der Waals surface area contributed by atoms with Crippen LogP contribution in [0.5, 0.6) is 0 Å². The Morgan fingerprint density at radius 2 is 1.54 bits per heavy atom. The smallest absolute Gasteiger partial charge is 0.298 e. The van der Waals surface area contributed by atoms with Crippen molar-refractivity contribution >= 4 is 23.2 Å². The second-order valence-corrected chi connectivity index (χ2v) is 7.28. The lowest BCUT2D eigenvalue weighted by molar-refractivity contribution is -0.257. The molecule has 1 aliphatic rings. The number of hydrogen-bond acceptors (Lipinski definition) is 2. The van der Waals surface area contributed by atoms with Crippen molar-refractivity contribution in [3.8, 4) is 10.4 Å². The maximum Gasteiger partial charge on any atom is 0.380 e. The van der Waals surface area contributed by atoms with Crippen molar-refractivity contribution < 1.29 is 31.1 Å². The third-order valence-electron chi connectivity index (χ3n) is 4.38. The molecule has 0 fully saturated rings. The zero-order chi connectivity index (χ0) is 19.5. The molecule has 0 N–H and O–H groups in total. The van der Waals surface area contributed by atoms with Gasteiger partial charge in [-0.2, -0.15) is 26.3 Å². The van der Waals surface area contributed by atoms with E-state index < -0.39 is 23.3 Å². The second-order valence-electron chi connectivity index (χ2n) is 6.06. The molecule has 0 bridgehead atoms. The molecule has 1 aliphatic carbocycles. The molecule has 2 aromatic rings. The van der Waals surface area contributed by atoms with Gasteiger partial charge < -0.3 is 0 Å². The first kappa shape index (κ1) is 18.7. The van der Waals surface area contributed by atoms with Gasteiger partial charge in [-0.05, 0) is 25.0 Å². The molecular weight excluding hydrogens is 378 g/mol. The molecule has 0 saturated carbocycles. The predicted octanol–water partition coefficient (Wildman–Crippen LogP) is 6.15.